The number of methoxy groups -OCH3 is 2. The summed E-state index contributed by atoms with van der Waals surface area (Å²) >= 11 is 0. The lowest BCUT2D eigenvalue weighted by Crippen LogP contribution is -2.36. The van der Waals surface area contributed by atoms with Gasteiger partial charge in [0.25, 0.3) is 0 Å². The lowest BCUT2D eigenvalue weighted by molar-refractivity contribution is -0.119. The van der Waals surface area contributed by atoms with Crippen LogP contribution in [0.25, 0.3) is 22.2 Å². The second-order valence-corrected chi connectivity index (χ2v) is 8.00. The summed E-state index contributed by atoms with van der Waals surface area (Å²) in [7, 11) is 3.22. The fourth-order valence-corrected chi connectivity index (χ4v) is 3.77. The molecular formula is C24H30N4O4. The van der Waals surface area contributed by atoms with Crippen LogP contribution in [0, 0.1) is 0 Å². The van der Waals surface area contributed by atoms with Gasteiger partial charge in [0.05, 0.1) is 26.0 Å². The molecule has 0 bridgehead atoms. The fourth-order valence-electron chi connectivity index (χ4n) is 3.77. The van der Waals surface area contributed by atoms with Gasteiger partial charge in [-0.25, -0.2) is 0 Å². The van der Waals surface area contributed by atoms with E-state index in [1.165, 1.54) is 0 Å². The predicted octanol–water partition coefficient (Wildman–Crippen LogP) is 3.51. The van der Waals surface area contributed by atoms with Crippen molar-refractivity contribution < 1.29 is 19.1 Å². The van der Waals surface area contributed by atoms with Crippen molar-refractivity contribution in [2.75, 3.05) is 19.5 Å². The SMILES string of the molecule is COc1ccc(-c2[nH]c3ccc(NC(=O)[C@H](N)CCC(N)=O)cc3c2C(C)C)cc1OC. The number of ether oxygens (including phenoxy) is 2. The van der Waals surface area contributed by atoms with Gasteiger partial charge in [0.15, 0.2) is 11.5 Å². The maximum atomic E-state index is 12.4. The van der Waals surface area contributed by atoms with Gasteiger partial charge in [-0.15, -0.1) is 0 Å². The molecule has 8 heteroatoms. The number of nitrogens with one attached hydrogen (secondary N) is 2. The zero-order chi connectivity index (χ0) is 23.4. The molecule has 0 fully saturated rings. The van der Waals surface area contributed by atoms with Crippen molar-refractivity contribution in [2.24, 2.45) is 11.5 Å². The Morgan fingerprint density at radius 3 is 2.41 bits per heavy atom. The number of nitrogens with two attached hydrogens (primary N) is 2. The molecule has 170 valence electrons. The van der Waals surface area contributed by atoms with E-state index in [0.29, 0.717) is 17.2 Å². The number of carbonyl (C=O) groups excluding carboxylic acids is 2. The summed E-state index contributed by atoms with van der Waals surface area (Å²) in [6.45, 7) is 4.25. The topological polar surface area (TPSA) is 132 Å². The zero-order valence-electron chi connectivity index (χ0n) is 18.8. The summed E-state index contributed by atoms with van der Waals surface area (Å²) in [5.41, 5.74) is 15.7. The number of primary amides is 1. The molecule has 3 rings (SSSR count). The molecule has 0 aliphatic carbocycles. The van der Waals surface area contributed by atoms with Crippen LogP contribution in [-0.2, 0) is 9.59 Å². The van der Waals surface area contributed by atoms with Crippen LogP contribution in [0.2, 0.25) is 0 Å². The number of hydrogen-bond acceptors (Lipinski definition) is 5. The van der Waals surface area contributed by atoms with Gasteiger partial charge in [0.1, 0.15) is 0 Å². The van der Waals surface area contributed by atoms with E-state index < -0.39 is 11.9 Å². The number of fused-ring (bicyclic) bond motifs is 1. The number of amides is 2. The van der Waals surface area contributed by atoms with Crippen LogP contribution in [0.3, 0.4) is 0 Å². The smallest absolute Gasteiger partial charge is 0.241 e. The molecule has 0 saturated carbocycles. The number of rotatable bonds is 9. The van der Waals surface area contributed by atoms with Gasteiger partial charge in [0, 0.05) is 28.6 Å². The van der Waals surface area contributed by atoms with E-state index >= 15 is 0 Å². The van der Waals surface area contributed by atoms with Crippen molar-refractivity contribution in [3.8, 4) is 22.8 Å². The number of anilines is 1. The van der Waals surface area contributed by atoms with Crippen LogP contribution in [0.4, 0.5) is 5.69 Å². The maximum absolute atomic E-state index is 12.4. The van der Waals surface area contributed by atoms with Crippen molar-refractivity contribution in [2.45, 2.75) is 38.6 Å². The summed E-state index contributed by atoms with van der Waals surface area (Å²) in [6, 6.07) is 10.7. The molecule has 0 aliphatic heterocycles. The molecule has 3 aromatic rings. The lowest BCUT2D eigenvalue weighted by atomic mass is 9.95. The summed E-state index contributed by atoms with van der Waals surface area (Å²) in [5, 5.41) is 3.85. The van der Waals surface area contributed by atoms with Gasteiger partial charge in [0.2, 0.25) is 11.8 Å². The summed E-state index contributed by atoms with van der Waals surface area (Å²) < 4.78 is 10.8. The highest BCUT2D eigenvalue weighted by atomic mass is 16.5. The van der Waals surface area contributed by atoms with Crippen LogP contribution in [0.5, 0.6) is 11.5 Å². The first-order valence-corrected chi connectivity index (χ1v) is 10.5. The second kappa shape index (κ2) is 9.74. The van der Waals surface area contributed by atoms with Crippen LogP contribution in [0.1, 0.15) is 38.2 Å². The van der Waals surface area contributed by atoms with E-state index in [4.69, 9.17) is 20.9 Å². The Hall–Kier alpha value is -3.52. The number of hydrogen-bond donors (Lipinski definition) is 4. The Bertz CT molecular complexity index is 1140. The van der Waals surface area contributed by atoms with Crippen molar-refractivity contribution in [3.63, 3.8) is 0 Å². The average Bonchev–Trinajstić information content (AvgIpc) is 3.15. The molecule has 6 N–H and O–H groups in total. The highest BCUT2D eigenvalue weighted by Crippen LogP contribution is 2.39. The van der Waals surface area contributed by atoms with Gasteiger partial charge in [-0.05, 0) is 54.3 Å². The van der Waals surface area contributed by atoms with Gasteiger partial charge in [-0.1, -0.05) is 13.8 Å². The molecular weight excluding hydrogens is 408 g/mol. The fraction of sp³-hybridized carbons (Fsp3) is 0.333. The predicted molar refractivity (Wildman–Crippen MR) is 126 cm³/mol. The minimum Gasteiger partial charge on any atom is -0.493 e. The molecule has 0 aliphatic rings. The molecule has 8 nitrogen and oxygen atoms in total. The molecule has 0 unspecified atom stereocenters. The highest BCUT2D eigenvalue weighted by molar-refractivity contribution is 5.99. The monoisotopic (exact) mass is 438 g/mol. The molecule has 32 heavy (non-hydrogen) atoms. The van der Waals surface area contributed by atoms with Gasteiger partial charge in [-0.2, -0.15) is 0 Å². The molecule has 2 amide bonds. The number of aromatic amines is 1. The van der Waals surface area contributed by atoms with Gasteiger partial charge < -0.3 is 31.2 Å². The van der Waals surface area contributed by atoms with Crippen molar-refractivity contribution in [3.05, 3.63) is 42.0 Å². The Morgan fingerprint density at radius 1 is 1.06 bits per heavy atom. The standard InChI is InChI=1S/C24H30N4O4/c1-13(2)22-16-12-15(27-24(30)17(25)7-10-21(26)29)6-8-18(16)28-23(22)14-5-9-19(31-3)20(11-14)32-4/h5-6,8-9,11-13,17,28H,7,10,25H2,1-4H3,(H2,26,29)(H,27,30)/t17-/m1/s1. The largest absolute Gasteiger partial charge is 0.493 e. The third-order valence-electron chi connectivity index (χ3n) is 5.39. The first-order valence-electron chi connectivity index (χ1n) is 10.5. The van der Waals surface area contributed by atoms with Crippen LogP contribution in [-0.4, -0.2) is 37.1 Å². The van der Waals surface area contributed by atoms with E-state index in [1.807, 2.05) is 36.4 Å². The van der Waals surface area contributed by atoms with Crippen molar-refractivity contribution >= 4 is 28.4 Å². The molecule has 1 atom stereocenters. The summed E-state index contributed by atoms with van der Waals surface area (Å²) in [6.07, 6.45) is 0.270. The van der Waals surface area contributed by atoms with E-state index in [-0.39, 0.29) is 24.7 Å². The Labute approximate surface area is 187 Å². The highest BCUT2D eigenvalue weighted by Gasteiger charge is 2.19. The Morgan fingerprint density at radius 2 is 1.78 bits per heavy atom. The second-order valence-electron chi connectivity index (χ2n) is 8.00. The van der Waals surface area contributed by atoms with Crippen LogP contribution >= 0.6 is 0 Å². The third kappa shape index (κ3) is 4.86. The molecule has 1 heterocycles. The molecule has 0 spiro atoms. The first kappa shape index (κ1) is 23.1. The van der Waals surface area contributed by atoms with Crippen LogP contribution < -0.4 is 26.3 Å². The normalized spacial score (nSPS) is 12.1. The number of carbonyl (C=O) groups is 2. The number of aromatic nitrogens is 1. The summed E-state index contributed by atoms with van der Waals surface area (Å²) in [5.74, 6) is 0.696. The minimum absolute atomic E-state index is 0.0671. The number of H-pyrrole nitrogens is 1. The third-order valence-corrected chi connectivity index (χ3v) is 5.39. The van der Waals surface area contributed by atoms with Gasteiger partial charge >= 0.3 is 0 Å². The summed E-state index contributed by atoms with van der Waals surface area (Å²) in [4.78, 5) is 26.9. The quantitative estimate of drug-likeness (QED) is 0.406. The Balaban J connectivity index is 1.97. The lowest BCUT2D eigenvalue weighted by Gasteiger charge is -2.13. The molecule has 2 aromatic carbocycles. The van der Waals surface area contributed by atoms with E-state index in [0.717, 1.165) is 27.7 Å². The zero-order valence-corrected chi connectivity index (χ0v) is 18.8. The van der Waals surface area contributed by atoms with E-state index in [1.54, 1.807) is 14.2 Å². The molecule has 0 radical (unpaired) electrons. The van der Waals surface area contributed by atoms with E-state index in [9.17, 15) is 9.59 Å². The first-order chi connectivity index (χ1) is 15.2. The minimum atomic E-state index is -0.809. The van der Waals surface area contributed by atoms with Crippen LogP contribution in [0.15, 0.2) is 36.4 Å². The van der Waals surface area contributed by atoms with Gasteiger partial charge in [-0.3, -0.25) is 9.59 Å². The van der Waals surface area contributed by atoms with Crippen molar-refractivity contribution in [1.29, 1.82) is 0 Å². The molecule has 1 aromatic heterocycles. The maximum Gasteiger partial charge on any atom is 0.241 e. The van der Waals surface area contributed by atoms with Crippen molar-refractivity contribution in [1.82, 2.24) is 4.98 Å². The average molecular weight is 439 g/mol. The molecule has 0 saturated heterocycles. The van der Waals surface area contributed by atoms with E-state index in [2.05, 4.69) is 24.1 Å². The Kier molecular flexibility index (Phi) is 7.05. The number of benzene rings is 2.